The summed E-state index contributed by atoms with van der Waals surface area (Å²) in [5.41, 5.74) is 1.51. The largest absolute Gasteiger partial charge is 0.300 e. The Morgan fingerprint density at radius 3 is 2.56 bits per heavy atom. The molecule has 1 rings (SSSR count). The van der Waals surface area contributed by atoms with Crippen LogP contribution in [0.4, 0.5) is 0 Å². The van der Waals surface area contributed by atoms with E-state index in [4.69, 9.17) is 0 Å². The van der Waals surface area contributed by atoms with Crippen LogP contribution in [-0.4, -0.2) is 24.0 Å². The summed E-state index contributed by atoms with van der Waals surface area (Å²) in [6, 6.07) is 3.01. The Kier molecular flexibility index (Phi) is 6.74. The molecule has 16 heavy (non-hydrogen) atoms. The summed E-state index contributed by atoms with van der Waals surface area (Å²) in [7, 11) is 0. The Morgan fingerprint density at radius 2 is 2.06 bits per heavy atom. The van der Waals surface area contributed by atoms with E-state index >= 15 is 0 Å². The Balaban J connectivity index is 2.57. The molecule has 1 nitrogen and oxygen atoms in total. The first-order chi connectivity index (χ1) is 7.81. The van der Waals surface area contributed by atoms with E-state index in [1.165, 1.54) is 44.3 Å². The topological polar surface area (TPSA) is 3.24 Å². The third-order valence-electron chi connectivity index (χ3n) is 3.11. The van der Waals surface area contributed by atoms with Gasteiger partial charge in [-0.1, -0.05) is 27.2 Å². The van der Waals surface area contributed by atoms with Gasteiger partial charge in [0.2, 0.25) is 0 Å². The first-order valence-electron chi connectivity index (χ1n) is 6.56. The third-order valence-corrected chi connectivity index (χ3v) is 3.84. The first kappa shape index (κ1) is 13.7. The SMILES string of the molecule is CCCC(Cc1ccsc1)N(CC)CCC. The van der Waals surface area contributed by atoms with Crippen LogP contribution in [0.25, 0.3) is 0 Å². The van der Waals surface area contributed by atoms with Crippen molar-refractivity contribution in [1.82, 2.24) is 4.90 Å². The van der Waals surface area contributed by atoms with Gasteiger partial charge in [-0.25, -0.2) is 0 Å². The van der Waals surface area contributed by atoms with Gasteiger partial charge in [0.25, 0.3) is 0 Å². The first-order valence-corrected chi connectivity index (χ1v) is 7.51. The van der Waals surface area contributed by atoms with Crippen molar-refractivity contribution in [2.45, 2.75) is 52.5 Å². The normalized spacial score (nSPS) is 13.2. The molecule has 1 aromatic heterocycles. The van der Waals surface area contributed by atoms with Crippen molar-refractivity contribution in [3.8, 4) is 0 Å². The molecule has 0 aliphatic carbocycles. The fraction of sp³-hybridized carbons (Fsp3) is 0.714. The second-order valence-electron chi connectivity index (χ2n) is 4.41. The minimum Gasteiger partial charge on any atom is -0.300 e. The highest BCUT2D eigenvalue weighted by molar-refractivity contribution is 7.07. The third kappa shape index (κ3) is 4.26. The van der Waals surface area contributed by atoms with Gasteiger partial charge in [0.1, 0.15) is 0 Å². The Labute approximate surface area is 104 Å². The van der Waals surface area contributed by atoms with Gasteiger partial charge >= 0.3 is 0 Å². The highest BCUT2D eigenvalue weighted by atomic mass is 32.1. The molecule has 92 valence electrons. The summed E-state index contributed by atoms with van der Waals surface area (Å²) < 4.78 is 0. The molecule has 1 unspecified atom stereocenters. The van der Waals surface area contributed by atoms with Crippen LogP contribution in [0.1, 0.15) is 45.6 Å². The van der Waals surface area contributed by atoms with E-state index in [1.54, 1.807) is 0 Å². The highest BCUT2D eigenvalue weighted by Gasteiger charge is 2.15. The smallest absolute Gasteiger partial charge is 0.0136 e. The quantitative estimate of drug-likeness (QED) is 0.657. The number of hydrogen-bond donors (Lipinski definition) is 0. The second kappa shape index (κ2) is 7.86. The predicted molar refractivity (Wildman–Crippen MR) is 74.3 cm³/mol. The highest BCUT2D eigenvalue weighted by Crippen LogP contribution is 2.16. The van der Waals surface area contributed by atoms with Gasteiger partial charge < -0.3 is 4.90 Å². The molecule has 0 fully saturated rings. The lowest BCUT2D eigenvalue weighted by Crippen LogP contribution is -2.37. The van der Waals surface area contributed by atoms with Gasteiger partial charge in [-0.05, 0) is 54.7 Å². The van der Waals surface area contributed by atoms with Crippen molar-refractivity contribution in [1.29, 1.82) is 0 Å². The van der Waals surface area contributed by atoms with Crippen molar-refractivity contribution >= 4 is 11.3 Å². The fourth-order valence-electron chi connectivity index (χ4n) is 2.31. The molecule has 0 amide bonds. The van der Waals surface area contributed by atoms with Crippen molar-refractivity contribution < 1.29 is 0 Å². The van der Waals surface area contributed by atoms with Crippen LogP contribution < -0.4 is 0 Å². The van der Waals surface area contributed by atoms with Gasteiger partial charge in [-0.2, -0.15) is 11.3 Å². The van der Waals surface area contributed by atoms with Gasteiger partial charge in [0.05, 0.1) is 0 Å². The van der Waals surface area contributed by atoms with E-state index < -0.39 is 0 Å². The zero-order chi connectivity index (χ0) is 11.8. The van der Waals surface area contributed by atoms with E-state index in [0.29, 0.717) is 0 Å². The van der Waals surface area contributed by atoms with E-state index in [0.717, 1.165) is 6.04 Å². The van der Waals surface area contributed by atoms with E-state index in [9.17, 15) is 0 Å². The fourth-order valence-corrected chi connectivity index (χ4v) is 3.00. The van der Waals surface area contributed by atoms with Gasteiger partial charge in [-0.15, -0.1) is 0 Å². The average molecular weight is 239 g/mol. The zero-order valence-corrected chi connectivity index (χ0v) is 11.7. The van der Waals surface area contributed by atoms with E-state index in [2.05, 4.69) is 42.5 Å². The molecule has 1 aromatic rings. The number of likely N-dealkylation sites (N-methyl/N-ethyl adjacent to an activating group) is 1. The van der Waals surface area contributed by atoms with Crippen LogP contribution in [0.15, 0.2) is 16.8 Å². The van der Waals surface area contributed by atoms with Crippen LogP contribution in [-0.2, 0) is 6.42 Å². The molecule has 0 aromatic carbocycles. The average Bonchev–Trinajstić information content (AvgIpc) is 2.78. The van der Waals surface area contributed by atoms with Gasteiger partial charge in [0.15, 0.2) is 0 Å². The van der Waals surface area contributed by atoms with Crippen LogP contribution in [0, 0.1) is 0 Å². The summed E-state index contributed by atoms with van der Waals surface area (Å²) in [5.74, 6) is 0. The molecule has 1 heterocycles. The Hall–Kier alpha value is -0.340. The number of thiophene rings is 1. The lowest BCUT2D eigenvalue weighted by molar-refractivity contribution is 0.194. The van der Waals surface area contributed by atoms with Crippen LogP contribution in [0.3, 0.4) is 0 Å². The lowest BCUT2D eigenvalue weighted by Gasteiger charge is -2.30. The number of hydrogen-bond acceptors (Lipinski definition) is 2. The summed E-state index contributed by atoms with van der Waals surface area (Å²) in [5, 5.41) is 4.48. The molecule has 0 saturated heterocycles. The van der Waals surface area contributed by atoms with Crippen LogP contribution in [0.2, 0.25) is 0 Å². The maximum atomic E-state index is 2.64. The van der Waals surface area contributed by atoms with Crippen molar-refractivity contribution in [2.75, 3.05) is 13.1 Å². The molecule has 2 heteroatoms. The molecule has 0 aliphatic rings. The predicted octanol–water partition coefficient (Wildman–Crippen LogP) is 4.19. The molecule has 0 bridgehead atoms. The van der Waals surface area contributed by atoms with E-state index in [-0.39, 0.29) is 0 Å². The maximum absolute atomic E-state index is 2.64. The Bertz CT molecular complexity index is 256. The Morgan fingerprint density at radius 1 is 1.25 bits per heavy atom. The molecule has 0 N–H and O–H groups in total. The molecule has 0 aliphatic heterocycles. The van der Waals surface area contributed by atoms with Gasteiger partial charge in [0, 0.05) is 6.04 Å². The number of nitrogens with zero attached hydrogens (tertiary/aromatic N) is 1. The van der Waals surface area contributed by atoms with E-state index in [1.807, 2.05) is 11.3 Å². The molecule has 0 radical (unpaired) electrons. The molecular weight excluding hydrogens is 214 g/mol. The minimum atomic E-state index is 0.740. The number of rotatable bonds is 8. The van der Waals surface area contributed by atoms with Gasteiger partial charge in [-0.3, -0.25) is 0 Å². The summed E-state index contributed by atoms with van der Waals surface area (Å²) in [6.07, 6.45) is 5.10. The molecule has 1 atom stereocenters. The maximum Gasteiger partial charge on any atom is 0.0136 e. The standard InChI is InChI=1S/C14H25NS/c1-4-7-14(15(6-3)9-5-2)11-13-8-10-16-12-13/h8,10,12,14H,4-7,9,11H2,1-3H3. The molecule has 0 spiro atoms. The van der Waals surface area contributed by atoms with Crippen molar-refractivity contribution in [3.63, 3.8) is 0 Å². The second-order valence-corrected chi connectivity index (χ2v) is 5.19. The van der Waals surface area contributed by atoms with Crippen LogP contribution >= 0.6 is 11.3 Å². The van der Waals surface area contributed by atoms with Crippen molar-refractivity contribution in [3.05, 3.63) is 22.4 Å². The zero-order valence-electron chi connectivity index (χ0n) is 10.9. The van der Waals surface area contributed by atoms with Crippen LogP contribution in [0.5, 0.6) is 0 Å². The summed E-state index contributed by atoms with van der Waals surface area (Å²) in [6.45, 7) is 9.27. The molecular formula is C14H25NS. The molecule has 0 saturated carbocycles. The van der Waals surface area contributed by atoms with Crippen molar-refractivity contribution in [2.24, 2.45) is 0 Å². The minimum absolute atomic E-state index is 0.740. The summed E-state index contributed by atoms with van der Waals surface area (Å²) >= 11 is 1.81. The lowest BCUT2D eigenvalue weighted by atomic mass is 10.0. The summed E-state index contributed by atoms with van der Waals surface area (Å²) in [4.78, 5) is 2.64. The monoisotopic (exact) mass is 239 g/mol.